The van der Waals surface area contributed by atoms with Gasteiger partial charge in [-0.05, 0) is 25.3 Å². The van der Waals surface area contributed by atoms with Gasteiger partial charge in [-0.2, -0.15) is 0 Å². The summed E-state index contributed by atoms with van der Waals surface area (Å²) in [6.45, 7) is 2.67. The molecular weight excluding hydrogens is 228 g/mol. The van der Waals surface area contributed by atoms with E-state index in [0.717, 1.165) is 32.1 Å². The highest BCUT2D eigenvalue weighted by atomic mass is 16.5. The second-order valence-corrected chi connectivity index (χ2v) is 4.95. The van der Waals surface area contributed by atoms with Gasteiger partial charge >= 0.3 is 0 Å². The first-order chi connectivity index (χ1) is 8.65. The number of nitrogens with two attached hydrogens (primary N) is 1. The minimum atomic E-state index is -0.689. The summed E-state index contributed by atoms with van der Waals surface area (Å²) in [7, 11) is 0. The molecule has 0 unspecified atom stereocenters. The van der Waals surface area contributed by atoms with Gasteiger partial charge in [0.1, 0.15) is 5.75 Å². The van der Waals surface area contributed by atoms with Crippen LogP contribution in [-0.4, -0.2) is 22.9 Å². The van der Waals surface area contributed by atoms with Crippen LogP contribution in [0.15, 0.2) is 18.5 Å². The molecule has 0 spiro atoms. The zero-order valence-electron chi connectivity index (χ0n) is 10.8. The second kappa shape index (κ2) is 5.48. The van der Waals surface area contributed by atoms with Crippen LogP contribution in [0.2, 0.25) is 0 Å². The lowest BCUT2D eigenvalue weighted by Gasteiger charge is -2.21. The third kappa shape index (κ3) is 2.70. The summed E-state index contributed by atoms with van der Waals surface area (Å²) in [5, 5.41) is 0. The molecule has 0 aromatic carbocycles. The van der Waals surface area contributed by atoms with Gasteiger partial charge in [0.25, 0.3) is 0 Å². The average molecular weight is 248 g/mol. The summed E-state index contributed by atoms with van der Waals surface area (Å²) in [6.07, 6.45) is 7.73. The molecule has 1 aliphatic rings. The Labute approximate surface area is 108 Å². The van der Waals surface area contributed by atoms with Crippen LogP contribution >= 0.6 is 0 Å². The van der Waals surface area contributed by atoms with Crippen molar-refractivity contribution >= 4 is 5.78 Å². The van der Waals surface area contributed by atoms with E-state index >= 15 is 0 Å². The molecule has 1 aromatic heterocycles. The first-order valence-electron chi connectivity index (χ1n) is 6.57. The number of rotatable bonds is 5. The number of nitrogens with zero attached hydrogens (tertiary/aromatic N) is 1. The molecule has 1 aromatic rings. The summed E-state index contributed by atoms with van der Waals surface area (Å²) < 4.78 is 5.49. The molecular formula is C14H20N2O2. The van der Waals surface area contributed by atoms with Gasteiger partial charge in [-0.3, -0.25) is 9.78 Å². The van der Waals surface area contributed by atoms with Crippen LogP contribution in [0.3, 0.4) is 0 Å². The molecule has 4 heteroatoms. The van der Waals surface area contributed by atoms with Gasteiger partial charge in [0.15, 0.2) is 5.78 Å². The molecule has 1 saturated carbocycles. The van der Waals surface area contributed by atoms with Gasteiger partial charge in [-0.1, -0.05) is 19.8 Å². The lowest BCUT2D eigenvalue weighted by Crippen LogP contribution is -2.45. The quantitative estimate of drug-likeness (QED) is 0.812. The SMILES string of the molecule is CCCOc1cncc(C(=O)C2(N)CCCC2)c1. The summed E-state index contributed by atoms with van der Waals surface area (Å²) in [4.78, 5) is 16.4. The highest BCUT2D eigenvalue weighted by Gasteiger charge is 2.37. The van der Waals surface area contributed by atoms with Crippen LogP contribution < -0.4 is 10.5 Å². The van der Waals surface area contributed by atoms with E-state index in [9.17, 15) is 4.79 Å². The van der Waals surface area contributed by atoms with Gasteiger partial charge < -0.3 is 10.5 Å². The number of carbonyl (C=O) groups is 1. The van der Waals surface area contributed by atoms with E-state index < -0.39 is 5.54 Å². The first kappa shape index (κ1) is 13.0. The van der Waals surface area contributed by atoms with Gasteiger partial charge in [0, 0.05) is 11.8 Å². The Balaban J connectivity index is 2.15. The van der Waals surface area contributed by atoms with Crippen LogP contribution in [0.1, 0.15) is 49.4 Å². The van der Waals surface area contributed by atoms with E-state index in [1.807, 2.05) is 6.92 Å². The Morgan fingerprint density at radius 1 is 1.44 bits per heavy atom. The molecule has 0 amide bonds. The standard InChI is InChI=1S/C14H20N2O2/c1-2-7-18-12-8-11(9-16-10-12)13(17)14(15)5-3-4-6-14/h8-10H,2-7,15H2,1H3. The molecule has 0 aliphatic heterocycles. The van der Waals surface area contributed by atoms with Crippen molar-refractivity contribution in [3.8, 4) is 5.75 Å². The van der Waals surface area contributed by atoms with Crippen molar-refractivity contribution in [1.82, 2.24) is 4.98 Å². The fourth-order valence-corrected chi connectivity index (χ4v) is 2.36. The van der Waals surface area contributed by atoms with Crippen LogP contribution in [0.4, 0.5) is 0 Å². The topological polar surface area (TPSA) is 65.2 Å². The number of Topliss-reactive ketones (excluding diaryl/α,β-unsaturated/α-hetero) is 1. The Bertz CT molecular complexity index is 426. The predicted octanol–water partition coefficient (Wildman–Crippen LogP) is 2.32. The Morgan fingerprint density at radius 2 is 2.17 bits per heavy atom. The van der Waals surface area contributed by atoms with E-state index in [0.29, 0.717) is 17.9 Å². The summed E-state index contributed by atoms with van der Waals surface area (Å²) >= 11 is 0. The fourth-order valence-electron chi connectivity index (χ4n) is 2.36. The van der Waals surface area contributed by atoms with Crippen molar-refractivity contribution < 1.29 is 9.53 Å². The van der Waals surface area contributed by atoms with Gasteiger partial charge in [0.05, 0.1) is 18.3 Å². The van der Waals surface area contributed by atoms with E-state index in [1.165, 1.54) is 0 Å². The first-order valence-corrected chi connectivity index (χ1v) is 6.57. The molecule has 0 bridgehead atoms. The lowest BCUT2D eigenvalue weighted by molar-refractivity contribution is 0.0891. The minimum absolute atomic E-state index is 0.00514. The van der Waals surface area contributed by atoms with E-state index in [1.54, 1.807) is 18.5 Å². The Hall–Kier alpha value is -1.42. The second-order valence-electron chi connectivity index (χ2n) is 4.95. The maximum atomic E-state index is 12.4. The summed E-state index contributed by atoms with van der Waals surface area (Å²) in [6, 6.07) is 1.75. The molecule has 1 aliphatic carbocycles. The van der Waals surface area contributed by atoms with Crippen LogP contribution in [-0.2, 0) is 0 Å². The van der Waals surface area contributed by atoms with Crippen molar-refractivity contribution in [3.63, 3.8) is 0 Å². The zero-order chi connectivity index (χ0) is 13.0. The highest BCUT2D eigenvalue weighted by molar-refractivity contribution is 6.03. The number of pyridine rings is 1. The molecule has 98 valence electrons. The largest absolute Gasteiger partial charge is 0.492 e. The van der Waals surface area contributed by atoms with Crippen LogP contribution in [0, 0.1) is 0 Å². The molecule has 2 rings (SSSR count). The van der Waals surface area contributed by atoms with Crippen LogP contribution in [0.25, 0.3) is 0 Å². The maximum Gasteiger partial charge on any atom is 0.184 e. The number of hydrogen-bond acceptors (Lipinski definition) is 4. The average Bonchev–Trinajstić information content (AvgIpc) is 2.84. The molecule has 0 atom stereocenters. The molecule has 1 heterocycles. The normalized spacial score (nSPS) is 17.7. The summed E-state index contributed by atoms with van der Waals surface area (Å²) in [5.74, 6) is 0.638. The van der Waals surface area contributed by atoms with Crippen molar-refractivity contribution in [2.45, 2.75) is 44.6 Å². The number of aromatic nitrogens is 1. The van der Waals surface area contributed by atoms with E-state index in [-0.39, 0.29) is 5.78 Å². The van der Waals surface area contributed by atoms with Crippen molar-refractivity contribution in [1.29, 1.82) is 0 Å². The van der Waals surface area contributed by atoms with Gasteiger partial charge in [-0.25, -0.2) is 0 Å². The number of ether oxygens (including phenoxy) is 1. The minimum Gasteiger partial charge on any atom is -0.492 e. The zero-order valence-corrected chi connectivity index (χ0v) is 10.8. The Kier molecular flexibility index (Phi) is 3.97. The van der Waals surface area contributed by atoms with Crippen molar-refractivity contribution in [2.75, 3.05) is 6.61 Å². The smallest absolute Gasteiger partial charge is 0.184 e. The number of carbonyl (C=O) groups excluding carboxylic acids is 1. The van der Waals surface area contributed by atoms with Crippen molar-refractivity contribution in [2.24, 2.45) is 5.73 Å². The molecule has 4 nitrogen and oxygen atoms in total. The fraction of sp³-hybridized carbons (Fsp3) is 0.571. The van der Waals surface area contributed by atoms with Gasteiger partial charge in [0.2, 0.25) is 0 Å². The summed E-state index contributed by atoms with van der Waals surface area (Å²) in [5.41, 5.74) is 6.04. The molecule has 0 radical (unpaired) electrons. The third-order valence-corrected chi connectivity index (χ3v) is 3.40. The Morgan fingerprint density at radius 3 is 2.83 bits per heavy atom. The molecule has 0 saturated heterocycles. The maximum absolute atomic E-state index is 12.4. The lowest BCUT2D eigenvalue weighted by atomic mass is 9.89. The van der Waals surface area contributed by atoms with Crippen LogP contribution in [0.5, 0.6) is 5.75 Å². The molecule has 2 N–H and O–H groups in total. The third-order valence-electron chi connectivity index (χ3n) is 3.40. The highest BCUT2D eigenvalue weighted by Crippen LogP contribution is 2.30. The monoisotopic (exact) mass is 248 g/mol. The van der Waals surface area contributed by atoms with E-state index in [4.69, 9.17) is 10.5 Å². The number of ketones is 1. The predicted molar refractivity (Wildman–Crippen MR) is 69.7 cm³/mol. The van der Waals surface area contributed by atoms with E-state index in [2.05, 4.69) is 4.98 Å². The molecule has 1 fully saturated rings. The molecule has 18 heavy (non-hydrogen) atoms. The van der Waals surface area contributed by atoms with Crippen molar-refractivity contribution in [3.05, 3.63) is 24.0 Å². The van der Waals surface area contributed by atoms with Gasteiger partial charge in [-0.15, -0.1) is 0 Å². The number of hydrogen-bond donors (Lipinski definition) is 1.